The molecular weight excluding hydrogens is 280 g/mol. The quantitative estimate of drug-likeness (QED) is 0.773. The Labute approximate surface area is 130 Å². The number of rotatable bonds is 3. The Morgan fingerprint density at radius 3 is 2.14 bits per heavy atom. The van der Waals surface area contributed by atoms with Crippen molar-refractivity contribution in [3.05, 3.63) is 24.4 Å². The maximum Gasteiger partial charge on any atom is 0.232 e. The zero-order chi connectivity index (χ0) is 15.4. The van der Waals surface area contributed by atoms with E-state index in [0.717, 1.165) is 44.8 Å². The number of hydrogen-bond donors (Lipinski definition) is 0. The highest BCUT2D eigenvalue weighted by atomic mass is 16.2. The molecule has 6 nitrogen and oxygen atoms in total. The highest BCUT2D eigenvalue weighted by molar-refractivity contribution is 5.97. The summed E-state index contributed by atoms with van der Waals surface area (Å²) in [5, 5.41) is 0. The van der Waals surface area contributed by atoms with Crippen LogP contribution in [0.25, 0.3) is 0 Å². The van der Waals surface area contributed by atoms with Crippen LogP contribution in [0.2, 0.25) is 0 Å². The predicted octanol–water partition coefficient (Wildman–Crippen LogP) is 0.743. The van der Waals surface area contributed by atoms with E-state index in [-0.39, 0.29) is 18.2 Å². The van der Waals surface area contributed by atoms with E-state index in [2.05, 4.69) is 9.88 Å². The first-order chi connectivity index (χ1) is 10.7. The smallest absolute Gasteiger partial charge is 0.232 e. The summed E-state index contributed by atoms with van der Waals surface area (Å²) in [4.78, 5) is 34.4. The predicted molar refractivity (Wildman–Crippen MR) is 83.5 cm³/mol. The van der Waals surface area contributed by atoms with E-state index in [1.54, 1.807) is 11.1 Å². The van der Waals surface area contributed by atoms with E-state index in [0.29, 0.717) is 13.1 Å². The van der Waals surface area contributed by atoms with E-state index in [1.807, 2.05) is 23.1 Å². The van der Waals surface area contributed by atoms with Crippen molar-refractivity contribution in [2.45, 2.75) is 19.3 Å². The molecule has 3 heterocycles. The van der Waals surface area contributed by atoms with Crippen molar-refractivity contribution in [3.8, 4) is 0 Å². The Morgan fingerprint density at radius 2 is 1.55 bits per heavy atom. The van der Waals surface area contributed by atoms with Crippen LogP contribution in [0.3, 0.4) is 0 Å². The van der Waals surface area contributed by atoms with E-state index in [4.69, 9.17) is 0 Å². The van der Waals surface area contributed by atoms with Crippen LogP contribution in [-0.4, -0.2) is 65.9 Å². The normalized spacial score (nSPS) is 18.6. The Hall–Kier alpha value is -2.11. The number of piperazine rings is 1. The van der Waals surface area contributed by atoms with Gasteiger partial charge in [-0.1, -0.05) is 6.07 Å². The SMILES string of the molecule is O=C(CC(=O)N1CCN(c2ccccn2)CC1)N1CCCC1. The van der Waals surface area contributed by atoms with Crippen LogP contribution in [-0.2, 0) is 9.59 Å². The van der Waals surface area contributed by atoms with Crippen molar-refractivity contribution in [2.75, 3.05) is 44.2 Å². The highest BCUT2D eigenvalue weighted by Gasteiger charge is 2.26. The van der Waals surface area contributed by atoms with E-state index in [1.165, 1.54) is 0 Å². The van der Waals surface area contributed by atoms with Gasteiger partial charge in [-0.05, 0) is 25.0 Å². The van der Waals surface area contributed by atoms with Crippen LogP contribution in [0.1, 0.15) is 19.3 Å². The molecule has 0 N–H and O–H groups in total. The van der Waals surface area contributed by atoms with Gasteiger partial charge in [-0.25, -0.2) is 4.98 Å². The lowest BCUT2D eigenvalue weighted by Crippen LogP contribution is -2.50. The molecule has 1 aromatic rings. The lowest BCUT2D eigenvalue weighted by Gasteiger charge is -2.35. The lowest BCUT2D eigenvalue weighted by molar-refractivity contribution is -0.140. The monoisotopic (exact) mass is 302 g/mol. The fourth-order valence-electron chi connectivity index (χ4n) is 3.05. The van der Waals surface area contributed by atoms with Crippen molar-refractivity contribution < 1.29 is 9.59 Å². The zero-order valence-electron chi connectivity index (χ0n) is 12.8. The summed E-state index contributed by atoms with van der Waals surface area (Å²) in [6.07, 6.45) is 3.91. The number of nitrogens with zero attached hydrogens (tertiary/aromatic N) is 4. The first-order valence-corrected chi connectivity index (χ1v) is 7.95. The molecule has 0 atom stereocenters. The second-order valence-electron chi connectivity index (χ2n) is 5.82. The van der Waals surface area contributed by atoms with Crippen LogP contribution in [0, 0.1) is 0 Å². The molecule has 2 saturated heterocycles. The zero-order valence-corrected chi connectivity index (χ0v) is 12.8. The largest absolute Gasteiger partial charge is 0.353 e. The van der Waals surface area contributed by atoms with Gasteiger partial charge in [0.25, 0.3) is 0 Å². The number of carbonyl (C=O) groups is 2. The van der Waals surface area contributed by atoms with E-state index in [9.17, 15) is 9.59 Å². The number of aromatic nitrogens is 1. The Morgan fingerprint density at radius 1 is 0.909 bits per heavy atom. The first kappa shape index (κ1) is 14.8. The molecule has 0 aromatic carbocycles. The van der Waals surface area contributed by atoms with Crippen molar-refractivity contribution in [2.24, 2.45) is 0 Å². The number of pyridine rings is 1. The second-order valence-corrected chi connectivity index (χ2v) is 5.82. The molecule has 0 spiro atoms. The fraction of sp³-hybridized carbons (Fsp3) is 0.562. The average Bonchev–Trinajstić information content (AvgIpc) is 3.10. The van der Waals surface area contributed by atoms with Crippen LogP contribution < -0.4 is 4.90 Å². The molecule has 2 fully saturated rings. The molecule has 2 aliphatic rings. The summed E-state index contributed by atoms with van der Waals surface area (Å²) in [6, 6.07) is 5.84. The third-order valence-corrected chi connectivity index (χ3v) is 4.37. The van der Waals surface area contributed by atoms with Gasteiger partial charge in [0, 0.05) is 45.5 Å². The van der Waals surface area contributed by atoms with Crippen LogP contribution in [0.15, 0.2) is 24.4 Å². The summed E-state index contributed by atoms with van der Waals surface area (Å²) in [5.41, 5.74) is 0. The molecule has 2 amide bonds. The maximum absolute atomic E-state index is 12.3. The third kappa shape index (κ3) is 3.37. The van der Waals surface area contributed by atoms with Gasteiger partial charge in [0.2, 0.25) is 11.8 Å². The van der Waals surface area contributed by atoms with Gasteiger partial charge in [0.15, 0.2) is 0 Å². The lowest BCUT2D eigenvalue weighted by atomic mass is 10.2. The Balaban J connectivity index is 1.48. The summed E-state index contributed by atoms with van der Waals surface area (Å²) in [6.45, 7) is 4.45. The van der Waals surface area contributed by atoms with Crippen molar-refractivity contribution in [1.29, 1.82) is 0 Å². The minimum Gasteiger partial charge on any atom is -0.353 e. The van der Waals surface area contributed by atoms with Crippen LogP contribution in [0.4, 0.5) is 5.82 Å². The minimum atomic E-state index is -0.0439. The van der Waals surface area contributed by atoms with Crippen molar-refractivity contribution in [1.82, 2.24) is 14.8 Å². The fourth-order valence-corrected chi connectivity index (χ4v) is 3.05. The van der Waals surface area contributed by atoms with E-state index < -0.39 is 0 Å². The second kappa shape index (κ2) is 6.77. The molecule has 0 radical (unpaired) electrons. The van der Waals surface area contributed by atoms with Gasteiger partial charge < -0.3 is 14.7 Å². The summed E-state index contributed by atoms with van der Waals surface area (Å²) in [5.74, 6) is 0.884. The molecular formula is C16H22N4O2. The molecule has 118 valence electrons. The molecule has 0 aliphatic carbocycles. The topological polar surface area (TPSA) is 56.8 Å². The van der Waals surface area contributed by atoms with Crippen molar-refractivity contribution >= 4 is 17.6 Å². The molecule has 1 aromatic heterocycles. The molecule has 3 rings (SSSR count). The van der Waals surface area contributed by atoms with Gasteiger partial charge >= 0.3 is 0 Å². The van der Waals surface area contributed by atoms with Gasteiger partial charge in [-0.2, -0.15) is 0 Å². The average molecular weight is 302 g/mol. The van der Waals surface area contributed by atoms with E-state index >= 15 is 0 Å². The third-order valence-electron chi connectivity index (χ3n) is 4.37. The number of amides is 2. The summed E-state index contributed by atoms with van der Waals surface area (Å²) < 4.78 is 0. The summed E-state index contributed by atoms with van der Waals surface area (Å²) in [7, 11) is 0. The Kier molecular flexibility index (Phi) is 4.56. The molecule has 0 bridgehead atoms. The maximum atomic E-state index is 12.3. The van der Waals surface area contributed by atoms with Crippen LogP contribution in [0.5, 0.6) is 0 Å². The summed E-state index contributed by atoms with van der Waals surface area (Å²) >= 11 is 0. The van der Waals surface area contributed by atoms with Gasteiger partial charge in [0.1, 0.15) is 12.2 Å². The standard InChI is InChI=1S/C16H22N4O2/c21-15(19-7-3-4-8-19)13-16(22)20-11-9-18(10-12-20)14-5-1-2-6-17-14/h1-2,5-6H,3-4,7-13H2. The van der Waals surface area contributed by atoms with Gasteiger partial charge in [-0.3, -0.25) is 9.59 Å². The van der Waals surface area contributed by atoms with Crippen LogP contribution >= 0.6 is 0 Å². The van der Waals surface area contributed by atoms with Gasteiger partial charge in [-0.15, -0.1) is 0 Å². The first-order valence-electron chi connectivity index (χ1n) is 7.95. The number of anilines is 1. The molecule has 0 saturated carbocycles. The number of carbonyl (C=O) groups excluding carboxylic acids is 2. The molecule has 2 aliphatic heterocycles. The Bertz CT molecular complexity index is 520. The number of hydrogen-bond acceptors (Lipinski definition) is 4. The number of likely N-dealkylation sites (tertiary alicyclic amines) is 1. The van der Waals surface area contributed by atoms with Crippen molar-refractivity contribution in [3.63, 3.8) is 0 Å². The minimum absolute atomic E-state index is 0.0174. The molecule has 6 heteroatoms. The highest BCUT2D eigenvalue weighted by Crippen LogP contribution is 2.14. The van der Waals surface area contributed by atoms with Gasteiger partial charge in [0.05, 0.1) is 0 Å². The molecule has 0 unspecified atom stereocenters. The molecule has 22 heavy (non-hydrogen) atoms.